The summed E-state index contributed by atoms with van der Waals surface area (Å²) in [7, 11) is 0. The van der Waals surface area contributed by atoms with E-state index in [9.17, 15) is 0 Å². The van der Waals surface area contributed by atoms with Crippen molar-refractivity contribution in [3.05, 3.63) is 41.9 Å². The number of nitrogens with zero attached hydrogens (tertiary/aromatic N) is 3. The van der Waals surface area contributed by atoms with E-state index in [0.717, 1.165) is 24.1 Å². The highest BCUT2D eigenvalue weighted by molar-refractivity contribution is 5.33. The molecule has 1 fully saturated rings. The van der Waals surface area contributed by atoms with E-state index in [1.807, 2.05) is 16.9 Å². The first-order chi connectivity index (χ1) is 9.52. The fourth-order valence-corrected chi connectivity index (χ4v) is 2.13. The lowest BCUT2D eigenvalue weighted by Gasteiger charge is -2.20. The average Bonchev–Trinajstić information content (AvgIpc) is 3.07. The van der Waals surface area contributed by atoms with Gasteiger partial charge in [-0.1, -0.05) is 20.8 Å². The summed E-state index contributed by atoms with van der Waals surface area (Å²) >= 11 is 0. The van der Waals surface area contributed by atoms with Crippen molar-refractivity contribution < 1.29 is 0 Å². The van der Waals surface area contributed by atoms with Gasteiger partial charge >= 0.3 is 0 Å². The zero-order chi connectivity index (χ0) is 14.2. The van der Waals surface area contributed by atoms with Crippen LogP contribution in [0.1, 0.15) is 44.9 Å². The van der Waals surface area contributed by atoms with E-state index in [0.29, 0.717) is 0 Å². The van der Waals surface area contributed by atoms with Gasteiger partial charge in [-0.05, 0) is 36.6 Å². The van der Waals surface area contributed by atoms with Crippen molar-refractivity contribution in [3.63, 3.8) is 0 Å². The molecule has 1 N–H and O–H groups in total. The number of hydrogen-bond donors (Lipinski definition) is 1. The van der Waals surface area contributed by atoms with Crippen molar-refractivity contribution in [2.75, 3.05) is 0 Å². The van der Waals surface area contributed by atoms with E-state index in [-0.39, 0.29) is 5.41 Å². The lowest BCUT2D eigenvalue weighted by molar-refractivity contribution is 0.563. The van der Waals surface area contributed by atoms with Crippen LogP contribution < -0.4 is 5.32 Å². The minimum Gasteiger partial charge on any atom is -0.310 e. The van der Waals surface area contributed by atoms with Gasteiger partial charge in [0.25, 0.3) is 0 Å². The maximum Gasteiger partial charge on any atom is 0.153 e. The van der Waals surface area contributed by atoms with Gasteiger partial charge in [0.1, 0.15) is 0 Å². The van der Waals surface area contributed by atoms with Crippen molar-refractivity contribution in [1.82, 2.24) is 20.1 Å². The van der Waals surface area contributed by atoms with Gasteiger partial charge in [-0.3, -0.25) is 0 Å². The number of aromatic nitrogens is 3. The Balaban J connectivity index is 1.93. The summed E-state index contributed by atoms with van der Waals surface area (Å²) in [5.74, 6) is 0.898. The van der Waals surface area contributed by atoms with Gasteiger partial charge in [0.05, 0.1) is 0 Å². The highest BCUT2D eigenvalue weighted by Gasteiger charge is 2.21. The van der Waals surface area contributed by atoms with Gasteiger partial charge in [-0.2, -0.15) is 5.10 Å². The Morgan fingerprint density at radius 3 is 2.70 bits per heavy atom. The second kappa shape index (κ2) is 5.02. The summed E-state index contributed by atoms with van der Waals surface area (Å²) in [6, 6.07) is 6.97. The van der Waals surface area contributed by atoms with Crippen molar-refractivity contribution in [1.29, 1.82) is 0 Å². The maximum absolute atomic E-state index is 4.76. The minimum absolute atomic E-state index is 0.0392. The summed E-state index contributed by atoms with van der Waals surface area (Å²) in [6.45, 7) is 7.49. The van der Waals surface area contributed by atoms with Crippen LogP contribution in [-0.2, 0) is 12.0 Å². The molecule has 106 valence electrons. The topological polar surface area (TPSA) is 42.7 Å². The van der Waals surface area contributed by atoms with Crippen molar-refractivity contribution in [2.24, 2.45) is 0 Å². The van der Waals surface area contributed by atoms with Crippen LogP contribution in [0.15, 0.2) is 30.6 Å². The zero-order valence-corrected chi connectivity index (χ0v) is 12.4. The molecule has 0 radical (unpaired) electrons. The van der Waals surface area contributed by atoms with E-state index in [4.69, 9.17) is 4.98 Å². The van der Waals surface area contributed by atoms with Crippen molar-refractivity contribution >= 4 is 0 Å². The summed E-state index contributed by atoms with van der Waals surface area (Å²) in [6.07, 6.45) is 6.34. The van der Waals surface area contributed by atoms with Crippen LogP contribution >= 0.6 is 0 Å². The first kappa shape index (κ1) is 13.3. The van der Waals surface area contributed by atoms with Gasteiger partial charge in [0, 0.05) is 36.1 Å². The normalized spacial score (nSPS) is 15.6. The summed E-state index contributed by atoms with van der Waals surface area (Å²) in [4.78, 5) is 4.76. The standard InChI is InChI=1S/C16H22N4/c1-16(2,3)14-9-12(11-17-13-5-6-13)10-15(19-14)20-8-4-7-18-20/h4,7-10,13,17H,5-6,11H2,1-3H3. The molecule has 0 bridgehead atoms. The smallest absolute Gasteiger partial charge is 0.153 e. The van der Waals surface area contributed by atoms with E-state index in [1.165, 1.54) is 18.4 Å². The Kier molecular flexibility index (Phi) is 3.34. The van der Waals surface area contributed by atoms with Crippen LogP contribution in [0.5, 0.6) is 0 Å². The summed E-state index contributed by atoms with van der Waals surface area (Å²) in [5, 5.41) is 7.86. The number of rotatable bonds is 4. The molecule has 20 heavy (non-hydrogen) atoms. The van der Waals surface area contributed by atoms with Crippen LogP contribution in [0.25, 0.3) is 5.82 Å². The van der Waals surface area contributed by atoms with E-state index in [2.05, 4.69) is 43.3 Å². The van der Waals surface area contributed by atoms with E-state index >= 15 is 0 Å². The highest BCUT2D eigenvalue weighted by Crippen LogP contribution is 2.24. The van der Waals surface area contributed by atoms with Crippen LogP contribution in [0.4, 0.5) is 0 Å². The first-order valence-electron chi connectivity index (χ1n) is 7.27. The number of nitrogens with one attached hydrogen (secondary N) is 1. The van der Waals surface area contributed by atoms with Crippen LogP contribution in [-0.4, -0.2) is 20.8 Å². The molecule has 0 aliphatic heterocycles. The average molecular weight is 270 g/mol. The fourth-order valence-electron chi connectivity index (χ4n) is 2.13. The van der Waals surface area contributed by atoms with E-state index < -0.39 is 0 Å². The highest BCUT2D eigenvalue weighted by atomic mass is 15.3. The fraction of sp³-hybridized carbons (Fsp3) is 0.500. The third kappa shape index (κ3) is 3.07. The van der Waals surface area contributed by atoms with E-state index in [1.54, 1.807) is 6.20 Å². The summed E-state index contributed by atoms with van der Waals surface area (Å²) < 4.78 is 1.83. The molecule has 1 aliphatic rings. The molecule has 0 aromatic carbocycles. The number of pyridine rings is 1. The molecular weight excluding hydrogens is 248 g/mol. The molecule has 0 spiro atoms. The Hall–Kier alpha value is -1.68. The van der Waals surface area contributed by atoms with Crippen molar-refractivity contribution in [3.8, 4) is 5.82 Å². The van der Waals surface area contributed by atoms with Crippen LogP contribution in [0, 0.1) is 0 Å². The second-order valence-corrected chi connectivity index (χ2v) is 6.57. The quantitative estimate of drug-likeness (QED) is 0.929. The molecule has 2 aromatic heterocycles. The Bertz CT molecular complexity index is 577. The molecule has 1 saturated carbocycles. The monoisotopic (exact) mass is 270 g/mol. The molecule has 0 saturated heterocycles. The SMILES string of the molecule is CC(C)(C)c1cc(CNC2CC2)cc(-n2cccn2)n1. The summed E-state index contributed by atoms with van der Waals surface area (Å²) in [5.41, 5.74) is 2.43. The molecule has 1 aliphatic carbocycles. The molecule has 0 amide bonds. The lowest BCUT2D eigenvalue weighted by Crippen LogP contribution is -2.19. The van der Waals surface area contributed by atoms with Gasteiger partial charge < -0.3 is 5.32 Å². The molecule has 0 atom stereocenters. The Morgan fingerprint density at radius 2 is 2.10 bits per heavy atom. The first-order valence-corrected chi connectivity index (χ1v) is 7.27. The second-order valence-electron chi connectivity index (χ2n) is 6.57. The third-order valence-corrected chi connectivity index (χ3v) is 3.55. The maximum atomic E-state index is 4.76. The molecule has 3 rings (SSSR count). The predicted molar refractivity (Wildman–Crippen MR) is 79.9 cm³/mol. The largest absolute Gasteiger partial charge is 0.310 e. The van der Waals surface area contributed by atoms with Crippen LogP contribution in [0.3, 0.4) is 0 Å². The van der Waals surface area contributed by atoms with Gasteiger partial charge in [0.15, 0.2) is 5.82 Å². The third-order valence-electron chi connectivity index (χ3n) is 3.55. The molecule has 4 nitrogen and oxygen atoms in total. The number of hydrogen-bond acceptors (Lipinski definition) is 3. The molecule has 0 unspecified atom stereocenters. The molecule has 2 aromatic rings. The van der Waals surface area contributed by atoms with Gasteiger partial charge in [0.2, 0.25) is 0 Å². The molecule has 2 heterocycles. The zero-order valence-electron chi connectivity index (χ0n) is 12.4. The minimum atomic E-state index is 0.0392. The molecular formula is C16H22N4. The Labute approximate surface area is 120 Å². The molecule has 4 heteroatoms. The van der Waals surface area contributed by atoms with Crippen molar-refractivity contribution in [2.45, 2.75) is 51.6 Å². The van der Waals surface area contributed by atoms with Gasteiger partial charge in [-0.15, -0.1) is 0 Å². The Morgan fingerprint density at radius 1 is 1.30 bits per heavy atom. The predicted octanol–water partition coefficient (Wildman–Crippen LogP) is 2.82. The van der Waals surface area contributed by atoms with Gasteiger partial charge in [-0.25, -0.2) is 9.67 Å². The van der Waals surface area contributed by atoms with Crippen LogP contribution in [0.2, 0.25) is 0 Å². The lowest BCUT2D eigenvalue weighted by atomic mass is 9.90.